The lowest BCUT2D eigenvalue weighted by atomic mass is 9.73. The Morgan fingerprint density at radius 3 is 2.56 bits per heavy atom. The molecule has 0 amide bonds. The molecule has 0 fully saturated rings. The number of rotatable bonds is 15. The molecule has 2 aromatic carbocycles. The van der Waals surface area contributed by atoms with Gasteiger partial charge in [0.2, 0.25) is 0 Å². The molecule has 41 heavy (non-hydrogen) atoms. The number of aliphatic carboxylic acids is 1. The highest BCUT2D eigenvalue weighted by atomic mass is 16.4. The second kappa shape index (κ2) is 14.6. The molecular formula is C33H43N6O2-. The summed E-state index contributed by atoms with van der Waals surface area (Å²) in [7, 11) is 0. The van der Waals surface area contributed by atoms with Gasteiger partial charge >= 0.3 is 5.97 Å². The highest BCUT2D eigenvalue weighted by molar-refractivity contribution is 5.87. The average Bonchev–Trinajstić information content (AvgIpc) is 3.46. The molecular weight excluding hydrogens is 512 g/mol. The quantitative estimate of drug-likeness (QED) is 0.0841. The van der Waals surface area contributed by atoms with Crippen molar-refractivity contribution >= 4 is 34.6 Å². The van der Waals surface area contributed by atoms with Crippen LogP contribution in [0.2, 0.25) is 0 Å². The lowest BCUT2D eigenvalue weighted by Gasteiger charge is -2.36. The van der Waals surface area contributed by atoms with Gasteiger partial charge in [0.1, 0.15) is 0 Å². The van der Waals surface area contributed by atoms with Crippen LogP contribution in [-0.4, -0.2) is 40.6 Å². The van der Waals surface area contributed by atoms with Crippen molar-refractivity contribution in [2.75, 3.05) is 6.54 Å². The average molecular weight is 556 g/mol. The Bertz CT molecular complexity index is 1370. The lowest BCUT2D eigenvalue weighted by molar-refractivity contribution is -0.131. The number of H-pyrrole nitrogens is 1. The summed E-state index contributed by atoms with van der Waals surface area (Å²) < 4.78 is 0. The van der Waals surface area contributed by atoms with Crippen molar-refractivity contribution in [3.63, 3.8) is 0 Å². The van der Waals surface area contributed by atoms with Crippen LogP contribution in [0.5, 0.6) is 0 Å². The molecule has 8 N–H and O–H groups in total. The maximum absolute atomic E-state index is 11.8. The number of allylic oxidation sites excluding steroid dienone is 1. The van der Waals surface area contributed by atoms with Crippen molar-refractivity contribution in [2.24, 2.45) is 28.1 Å². The summed E-state index contributed by atoms with van der Waals surface area (Å²) in [6.45, 7) is 2.26. The number of guanidine groups is 1. The number of carboxylic acid groups (broad SMARTS) is 1. The van der Waals surface area contributed by atoms with E-state index in [2.05, 4.69) is 65.5 Å². The van der Waals surface area contributed by atoms with E-state index >= 15 is 0 Å². The number of hydrogen-bond acceptors (Lipinski definition) is 3. The minimum Gasteiger partial charge on any atom is -0.478 e. The Hall–Kier alpha value is -4.04. The van der Waals surface area contributed by atoms with Gasteiger partial charge in [-0.2, -0.15) is 0 Å². The third-order valence-corrected chi connectivity index (χ3v) is 7.96. The zero-order valence-electron chi connectivity index (χ0n) is 23.9. The van der Waals surface area contributed by atoms with E-state index in [1.165, 1.54) is 28.0 Å². The van der Waals surface area contributed by atoms with Crippen molar-refractivity contribution in [1.82, 2.24) is 4.98 Å². The Balaban J connectivity index is 1.66. The molecule has 0 saturated heterocycles. The number of nitrogens with one attached hydrogen (secondary N) is 1. The molecule has 218 valence electrons. The largest absolute Gasteiger partial charge is 0.478 e. The van der Waals surface area contributed by atoms with Crippen LogP contribution in [0.15, 0.2) is 77.4 Å². The van der Waals surface area contributed by atoms with Crippen LogP contribution in [0.3, 0.4) is 0 Å². The van der Waals surface area contributed by atoms with Gasteiger partial charge < -0.3 is 32.6 Å². The van der Waals surface area contributed by atoms with Crippen LogP contribution >= 0.6 is 0 Å². The molecule has 3 aromatic rings. The normalized spacial score (nSPS) is 18.0. The van der Waals surface area contributed by atoms with E-state index < -0.39 is 12.0 Å². The van der Waals surface area contributed by atoms with E-state index in [0.29, 0.717) is 17.8 Å². The van der Waals surface area contributed by atoms with Gasteiger partial charge in [-0.25, -0.2) is 9.79 Å². The Labute approximate surface area is 242 Å². The fraction of sp³-hybridized carbons (Fsp3) is 0.394. The molecule has 0 spiro atoms. The van der Waals surface area contributed by atoms with E-state index in [9.17, 15) is 9.90 Å². The predicted octanol–water partition coefficient (Wildman–Crippen LogP) is 6.33. The highest BCUT2D eigenvalue weighted by Crippen LogP contribution is 2.43. The van der Waals surface area contributed by atoms with Gasteiger partial charge in [0.05, 0.1) is 6.54 Å². The Kier molecular flexibility index (Phi) is 10.6. The zero-order chi connectivity index (χ0) is 29.2. The van der Waals surface area contributed by atoms with E-state index in [1.807, 2.05) is 12.1 Å². The van der Waals surface area contributed by atoms with E-state index in [1.54, 1.807) is 6.20 Å². The molecule has 0 bridgehead atoms. The number of aromatic nitrogens is 1. The molecule has 1 aliphatic rings. The molecule has 1 aromatic heterocycles. The van der Waals surface area contributed by atoms with Crippen LogP contribution in [0.1, 0.15) is 68.9 Å². The van der Waals surface area contributed by atoms with Gasteiger partial charge in [-0.3, -0.25) is 0 Å². The molecule has 8 nitrogen and oxygen atoms in total. The van der Waals surface area contributed by atoms with Crippen molar-refractivity contribution in [3.8, 4) is 0 Å². The van der Waals surface area contributed by atoms with Gasteiger partial charge in [0.25, 0.3) is 0 Å². The zero-order valence-corrected chi connectivity index (χ0v) is 23.9. The summed E-state index contributed by atoms with van der Waals surface area (Å²) in [4.78, 5) is 19.1. The van der Waals surface area contributed by atoms with Crippen molar-refractivity contribution < 1.29 is 9.90 Å². The molecule has 0 aliphatic heterocycles. The van der Waals surface area contributed by atoms with E-state index in [4.69, 9.17) is 22.5 Å². The fourth-order valence-corrected chi connectivity index (χ4v) is 5.86. The van der Waals surface area contributed by atoms with Gasteiger partial charge in [-0.1, -0.05) is 92.8 Å². The molecule has 1 heterocycles. The second-order valence-electron chi connectivity index (χ2n) is 11.0. The molecule has 0 radical (unpaired) electrons. The third-order valence-electron chi connectivity index (χ3n) is 7.96. The summed E-state index contributed by atoms with van der Waals surface area (Å²) in [5, 5.41) is 17.1. The standard InChI is InChI=1S/C33H43N6O2/c1-2-3-10-27(34)11-6-12-28-25(15-14-24-17-22-8-4-5-9-23(22)18-29(24)28)19-30(39-31-13-7-16-37-31)26(20-32(40)41)21-38-33(35)36/h4-5,7-9,13-18,20,25,27-28,30,37H,2-3,6,10-12,19,21,34H2,1H3,(H,40,41)(H4,35,36,38)/q-1/b26-20+/t25-,27-,28-,30+/m0/s1. The van der Waals surface area contributed by atoms with Crippen LogP contribution in [0.25, 0.3) is 22.2 Å². The number of carboxylic acids is 1. The monoisotopic (exact) mass is 555 g/mol. The van der Waals surface area contributed by atoms with Crippen molar-refractivity contribution in [2.45, 2.75) is 69.9 Å². The first-order chi connectivity index (χ1) is 19.8. The Morgan fingerprint density at radius 1 is 1.12 bits per heavy atom. The number of hydrogen-bond donors (Lipinski definition) is 5. The van der Waals surface area contributed by atoms with E-state index in [-0.39, 0.29) is 30.4 Å². The molecule has 4 atom stereocenters. The summed E-state index contributed by atoms with van der Waals surface area (Å²) >= 11 is 0. The van der Waals surface area contributed by atoms with Gasteiger partial charge in [-0.15, -0.1) is 0 Å². The van der Waals surface area contributed by atoms with Crippen LogP contribution in [0, 0.1) is 5.92 Å². The summed E-state index contributed by atoms with van der Waals surface area (Å²) in [5.41, 5.74) is 20.8. The van der Waals surface area contributed by atoms with E-state index in [0.717, 1.165) is 38.5 Å². The number of benzene rings is 2. The number of carbonyl (C=O) groups is 1. The SMILES string of the molecule is CCCC[C@H](N)CCC[C@@H]1c2cc3ccccc3cc2C=C[C@H]1C[C@@H]([N-]c1ccc[nH]1)/C(=C/C(=O)O)CN=C(N)N. The summed E-state index contributed by atoms with van der Waals surface area (Å²) in [5.74, 6) is -0.0774. The maximum atomic E-state index is 11.8. The van der Waals surface area contributed by atoms with Crippen molar-refractivity contribution in [1.29, 1.82) is 0 Å². The van der Waals surface area contributed by atoms with Gasteiger partial charge in [0.15, 0.2) is 5.96 Å². The smallest absolute Gasteiger partial charge is 0.328 e. The minimum atomic E-state index is -1.05. The first kappa shape index (κ1) is 29.9. The topological polar surface area (TPSA) is 158 Å². The molecule has 4 rings (SSSR count). The summed E-state index contributed by atoms with van der Waals surface area (Å²) in [6, 6.07) is 16.6. The predicted molar refractivity (Wildman–Crippen MR) is 169 cm³/mol. The minimum absolute atomic E-state index is 0.0676. The Morgan fingerprint density at radius 2 is 1.88 bits per heavy atom. The van der Waals surface area contributed by atoms with Crippen LogP contribution in [0.4, 0.5) is 5.82 Å². The maximum Gasteiger partial charge on any atom is 0.328 e. The number of aromatic amines is 1. The first-order valence-electron chi connectivity index (χ1n) is 14.6. The number of nitrogens with zero attached hydrogens (tertiary/aromatic N) is 2. The van der Waals surface area contributed by atoms with Crippen LogP contribution in [-0.2, 0) is 4.79 Å². The number of nitrogens with two attached hydrogens (primary N) is 3. The summed E-state index contributed by atoms with van der Waals surface area (Å²) in [6.07, 6.45) is 14.5. The number of unbranched alkanes of at least 4 members (excludes halogenated alkanes) is 1. The molecule has 1 aliphatic carbocycles. The first-order valence-corrected chi connectivity index (χ1v) is 14.6. The van der Waals surface area contributed by atoms with Crippen LogP contribution < -0.4 is 17.2 Å². The number of aliphatic imine (C=N–C) groups is 1. The highest BCUT2D eigenvalue weighted by Gasteiger charge is 2.29. The third kappa shape index (κ3) is 8.47. The molecule has 0 unspecified atom stereocenters. The molecule has 8 heteroatoms. The fourth-order valence-electron chi connectivity index (χ4n) is 5.86. The van der Waals surface area contributed by atoms with Gasteiger partial charge in [0, 0.05) is 12.1 Å². The number of fused-ring (bicyclic) bond motifs is 2. The van der Waals surface area contributed by atoms with Gasteiger partial charge in [-0.05, 0) is 77.1 Å². The second-order valence-corrected chi connectivity index (χ2v) is 11.0. The lowest BCUT2D eigenvalue weighted by Crippen LogP contribution is -2.26. The molecule has 0 saturated carbocycles. The van der Waals surface area contributed by atoms with Crippen molar-refractivity contribution in [3.05, 3.63) is 88.9 Å².